The summed E-state index contributed by atoms with van der Waals surface area (Å²) in [6, 6.07) is 18.6. The van der Waals surface area contributed by atoms with Gasteiger partial charge in [-0.2, -0.15) is 0 Å². The molecule has 0 aliphatic heterocycles. The van der Waals surface area contributed by atoms with Crippen molar-refractivity contribution in [2.45, 2.75) is 52.9 Å². The molecule has 200 valence electrons. The number of hydrogen-bond donors (Lipinski definition) is 2. The second-order valence-electron chi connectivity index (χ2n) is 10.1. The summed E-state index contributed by atoms with van der Waals surface area (Å²) in [6.45, 7) is 9.90. The van der Waals surface area contributed by atoms with E-state index in [0.29, 0.717) is 17.1 Å². The van der Waals surface area contributed by atoms with Crippen LogP contribution >= 0.6 is 15.9 Å². The van der Waals surface area contributed by atoms with Crippen LogP contribution in [-0.2, 0) is 24.5 Å². The molecule has 0 unspecified atom stereocenters. The summed E-state index contributed by atoms with van der Waals surface area (Å²) >= 11 is 3.48. The van der Waals surface area contributed by atoms with Gasteiger partial charge >= 0.3 is 5.97 Å². The Morgan fingerprint density at radius 1 is 0.763 bits per heavy atom. The molecule has 38 heavy (non-hydrogen) atoms. The first-order valence-corrected chi connectivity index (χ1v) is 13.1. The summed E-state index contributed by atoms with van der Waals surface area (Å²) in [7, 11) is 0. The minimum Gasteiger partial charge on any atom is -0.457 e. The number of carbonyl (C=O) groups excluding carboxylic acids is 3. The molecule has 2 amide bonds. The van der Waals surface area contributed by atoms with Gasteiger partial charge in [-0.3, -0.25) is 14.4 Å². The lowest BCUT2D eigenvalue weighted by Gasteiger charge is -2.19. The van der Waals surface area contributed by atoms with Gasteiger partial charge in [0.1, 0.15) is 11.5 Å². The van der Waals surface area contributed by atoms with Gasteiger partial charge in [-0.05, 0) is 84.5 Å². The van der Waals surface area contributed by atoms with Gasteiger partial charge in [0.25, 0.3) is 5.91 Å². The van der Waals surface area contributed by atoms with Crippen LogP contribution in [0.4, 0.5) is 11.4 Å². The molecule has 3 aromatic rings. The molecule has 2 N–H and O–H groups in total. The van der Waals surface area contributed by atoms with Gasteiger partial charge in [-0.15, -0.1) is 0 Å². The Bertz CT molecular complexity index is 1270. The molecule has 0 spiro atoms. The lowest BCUT2D eigenvalue weighted by molar-refractivity contribution is -0.147. The number of nitrogens with one attached hydrogen (secondary N) is 2. The van der Waals surface area contributed by atoms with Gasteiger partial charge in [0.2, 0.25) is 5.91 Å². The number of aryl methyl sites for hydroxylation is 2. The maximum Gasteiger partial charge on any atom is 0.306 e. The molecule has 7 nitrogen and oxygen atoms in total. The predicted molar refractivity (Wildman–Crippen MR) is 153 cm³/mol. The van der Waals surface area contributed by atoms with Crippen molar-refractivity contribution in [3.8, 4) is 11.5 Å². The van der Waals surface area contributed by atoms with Crippen LogP contribution in [0.1, 0.15) is 50.3 Å². The number of esters is 1. The molecule has 0 saturated carbocycles. The van der Waals surface area contributed by atoms with Crippen molar-refractivity contribution < 1.29 is 23.9 Å². The minimum atomic E-state index is -0.625. The van der Waals surface area contributed by atoms with Crippen LogP contribution in [0.25, 0.3) is 0 Å². The van der Waals surface area contributed by atoms with Crippen LogP contribution in [0.15, 0.2) is 65.1 Å². The maximum absolute atomic E-state index is 12.2. The molecule has 3 aromatic carbocycles. The second-order valence-corrected chi connectivity index (χ2v) is 10.9. The third kappa shape index (κ3) is 8.73. The molecule has 0 atom stereocenters. The monoisotopic (exact) mass is 580 g/mol. The smallest absolute Gasteiger partial charge is 0.306 e. The van der Waals surface area contributed by atoms with Gasteiger partial charge in [-0.25, -0.2) is 0 Å². The number of benzene rings is 3. The molecular formula is C30H33BrN2O5. The molecule has 0 saturated heterocycles. The number of carbonyl (C=O) groups is 3. The zero-order valence-electron chi connectivity index (χ0n) is 22.3. The molecule has 3 rings (SSSR count). The number of halogens is 1. The summed E-state index contributed by atoms with van der Waals surface area (Å²) in [5.74, 6) is -0.0411. The molecular weight excluding hydrogens is 548 g/mol. The van der Waals surface area contributed by atoms with Gasteiger partial charge in [0.15, 0.2) is 6.61 Å². The van der Waals surface area contributed by atoms with E-state index in [1.54, 1.807) is 24.3 Å². The van der Waals surface area contributed by atoms with Crippen LogP contribution in [0, 0.1) is 13.8 Å². The van der Waals surface area contributed by atoms with Gasteiger partial charge in [0, 0.05) is 22.3 Å². The number of hydrogen-bond acceptors (Lipinski definition) is 5. The van der Waals surface area contributed by atoms with Crippen molar-refractivity contribution in [1.29, 1.82) is 0 Å². The summed E-state index contributed by atoms with van der Waals surface area (Å²) in [6.07, 6.45) is -0.203. The van der Waals surface area contributed by atoms with E-state index < -0.39 is 18.5 Å². The van der Waals surface area contributed by atoms with Crippen LogP contribution in [0.5, 0.6) is 11.5 Å². The van der Waals surface area contributed by atoms with Crippen molar-refractivity contribution in [3.63, 3.8) is 0 Å². The van der Waals surface area contributed by atoms with E-state index in [-0.39, 0.29) is 24.2 Å². The van der Waals surface area contributed by atoms with Crippen LogP contribution < -0.4 is 15.4 Å². The predicted octanol–water partition coefficient (Wildman–Crippen LogP) is 7.06. The molecule has 0 aliphatic rings. The third-order valence-corrected chi connectivity index (χ3v) is 6.99. The first-order valence-electron chi connectivity index (χ1n) is 12.3. The fraction of sp³-hybridized carbons (Fsp3) is 0.300. The van der Waals surface area contributed by atoms with Crippen LogP contribution in [0.2, 0.25) is 0 Å². The van der Waals surface area contributed by atoms with Crippen LogP contribution in [0.3, 0.4) is 0 Å². The van der Waals surface area contributed by atoms with Crippen molar-refractivity contribution in [2.24, 2.45) is 0 Å². The Kier molecular flexibility index (Phi) is 9.69. The zero-order valence-corrected chi connectivity index (χ0v) is 23.9. The summed E-state index contributed by atoms with van der Waals surface area (Å²) in [5, 5.41) is 5.44. The standard InChI is InChI=1S/C30H33BrN2O5/c1-19-16-23(17-20(2)29(19)31)33-27(35)18-37-28(36)15-14-26(34)32-22-8-12-25(13-9-22)38-24-10-6-21(7-11-24)30(3,4)5/h6-13,16-17H,14-15,18H2,1-5H3,(H,32,34)(H,33,35). The fourth-order valence-electron chi connectivity index (χ4n) is 3.64. The largest absolute Gasteiger partial charge is 0.457 e. The van der Waals surface area contributed by atoms with Crippen molar-refractivity contribution in [1.82, 2.24) is 0 Å². The Morgan fingerprint density at radius 3 is 1.84 bits per heavy atom. The Morgan fingerprint density at radius 2 is 1.29 bits per heavy atom. The Hall–Kier alpha value is -3.65. The molecule has 0 aromatic heterocycles. The third-order valence-electron chi connectivity index (χ3n) is 5.73. The summed E-state index contributed by atoms with van der Waals surface area (Å²) in [4.78, 5) is 36.4. The van der Waals surface area contributed by atoms with E-state index in [4.69, 9.17) is 9.47 Å². The number of anilines is 2. The highest BCUT2D eigenvalue weighted by Gasteiger charge is 2.14. The first-order chi connectivity index (χ1) is 17.9. The van der Waals surface area contributed by atoms with Crippen molar-refractivity contribution in [2.75, 3.05) is 17.2 Å². The Labute approximate surface area is 232 Å². The van der Waals surface area contributed by atoms with Gasteiger partial charge in [0.05, 0.1) is 6.42 Å². The number of ether oxygens (including phenoxy) is 2. The maximum atomic E-state index is 12.2. The SMILES string of the molecule is Cc1cc(NC(=O)COC(=O)CCC(=O)Nc2ccc(Oc3ccc(C(C)(C)C)cc3)cc2)cc(C)c1Br. The fourth-order valence-corrected chi connectivity index (χ4v) is 3.87. The van der Waals surface area contributed by atoms with Crippen LogP contribution in [-0.4, -0.2) is 24.4 Å². The van der Waals surface area contributed by atoms with Crippen molar-refractivity contribution >= 4 is 45.1 Å². The van der Waals surface area contributed by atoms with Crippen molar-refractivity contribution in [3.05, 3.63) is 81.8 Å². The van der Waals surface area contributed by atoms with E-state index in [1.807, 2.05) is 50.2 Å². The lowest BCUT2D eigenvalue weighted by atomic mass is 9.87. The topological polar surface area (TPSA) is 93.7 Å². The average molecular weight is 582 g/mol. The highest BCUT2D eigenvalue weighted by atomic mass is 79.9. The highest BCUT2D eigenvalue weighted by Crippen LogP contribution is 2.28. The minimum absolute atomic E-state index is 0.0655. The molecule has 0 aliphatic carbocycles. The van der Waals surface area contributed by atoms with E-state index in [0.717, 1.165) is 21.3 Å². The van der Waals surface area contributed by atoms with Gasteiger partial charge < -0.3 is 20.1 Å². The normalized spacial score (nSPS) is 11.0. The quantitative estimate of drug-likeness (QED) is 0.264. The summed E-state index contributed by atoms with van der Waals surface area (Å²) in [5.41, 5.74) is 4.47. The van der Waals surface area contributed by atoms with E-state index in [2.05, 4.69) is 47.3 Å². The molecule has 0 bridgehead atoms. The highest BCUT2D eigenvalue weighted by molar-refractivity contribution is 9.10. The van der Waals surface area contributed by atoms with E-state index in [1.165, 1.54) is 5.56 Å². The summed E-state index contributed by atoms with van der Waals surface area (Å²) < 4.78 is 11.9. The number of amides is 2. The second kappa shape index (κ2) is 12.7. The molecule has 0 radical (unpaired) electrons. The van der Waals surface area contributed by atoms with Gasteiger partial charge in [-0.1, -0.05) is 48.8 Å². The molecule has 0 heterocycles. The van der Waals surface area contributed by atoms with E-state index >= 15 is 0 Å². The molecule has 8 heteroatoms. The average Bonchev–Trinajstić information content (AvgIpc) is 2.85. The lowest BCUT2D eigenvalue weighted by Crippen LogP contribution is -2.22. The first kappa shape index (κ1) is 28.9. The zero-order chi connectivity index (χ0) is 27.9. The Balaban J connectivity index is 1.39. The molecule has 0 fully saturated rings. The van der Waals surface area contributed by atoms with E-state index in [9.17, 15) is 14.4 Å². The number of rotatable bonds is 9.